The van der Waals surface area contributed by atoms with Crippen LogP contribution in [0.2, 0.25) is 0 Å². The van der Waals surface area contributed by atoms with Crippen LogP contribution in [-0.4, -0.2) is 34.3 Å². The van der Waals surface area contributed by atoms with E-state index in [0.29, 0.717) is 11.1 Å². The number of carbonyl (C=O) groups is 1. The SMILES string of the molecule is COc1cc(/C=N/NC(=O)COc2ccccc2F)ccc1OS(=O)(=O)c1cc(C)ccc1C. The number of amides is 1. The first-order valence-corrected chi connectivity index (χ1v) is 11.5. The van der Waals surface area contributed by atoms with Gasteiger partial charge in [-0.05, 0) is 66.9 Å². The van der Waals surface area contributed by atoms with Gasteiger partial charge in [-0.2, -0.15) is 13.5 Å². The van der Waals surface area contributed by atoms with Crippen molar-refractivity contribution in [1.29, 1.82) is 0 Å². The molecular weight excluding hydrogens is 463 g/mol. The van der Waals surface area contributed by atoms with Crippen LogP contribution >= 0.6 is 0 Å². The van der Waals surface area contributed by atoms with Gasteiger partial charge in [0.1, 0.15) is 4.90 Å². The summed E-state index contributed by atoms with van der Waals surface area (Å²) in [6.07, 6.45) is 1.33. The first kappa shape index (κ1) is 24.7. The van der Waals surface area contributed by atoms with Crippen molar-refractivity contribution in [3.8, 4) is 17.2 Å². The number of carbonyl (C=O) groups excluding carboxylic acids is 1. The molecule has 3 aromatic rings. The Morgan fingerprint density at radius 2 is 1.79 bits per heavy atom. The molecule has 3 rings (SSSR count). The summed E-state index contributed by atoms with van der Waals surface area (Å²) in [6, 6.07) is 15.2. The van der Waals surface area contributed by atoms with E-state index in [4.69, 9.17) is 13.7 Å². The summed E-state index contributed by atoms with van der Waals surface area (Å²) >= 11 is 0. The normalized spacial score (nSPS) is 11.3. The number of hydrazone groups is 1. The molecule has 3 aromatic carbocycles. The van der Waals surface area contributed by atoms with E-state index in [1.807, 2.05) is 6.07 Å². The molecule has 0 spiro atoms. The van der Waals surface area contributed by atoms with E-state index < -0.39 is 28.4 Å². The highest BCUT2D eigenvalue weighted by molar-refractivity contribution is 7.87. The Kier molecular flexibility index (Phi) is 7.85. The van der Waals surface area contributed by atoms with Crippen molar-refractivity contribution in [3.05, 3.63) is 83.2 Å². The summed E-state index contributed by atoms with van der Waals surface area (Å²) in [4.78, 5) is 11.9. The van der Waals surface area contributed by atoms with E-state index in [9.17, 15) is 17.6 Å². The number of nitrogens with zero attached hydrogens (tertiary/aromatic N) is 1. The molecule has 0 heterocycles. The molecule has 0 fully saturated rings. The van der Waals surface area contributed by atoms with E-state index in [-0.39, 0.29) is 22.1 Å². The number of halogens is 1. The van der Waals surface area contributed by atoms with Crippen LogP contribution in [-0.2, 0) is 14.9 Å². The van der Waals surface area contributed by atoms with Gasteiger partial charge in [-0.1, -0.05) is 24.3 Å². The van der Waals surface area contributed by atoms with E-state index in [1.54, 1.807) is 32.0 Å². The van der Waals surface area contributed by atoms with Gasteiger partial charge in [-0.25, -0.2) is 9.82 Å². The minimum atomic E-state index is -4.08. The van der Waals surface area contributed by atoms with Gasteiger partial charge in [0.2, 0.25) is 0 Å². The van der Waals surface area contributed by atoms with Gasteiger partial charge in [0, 0.05) is 0 Å². The topological polar surface area (TPSA) is 103 Å². The molecular formula is C24H23FN2O6S. The number of ether oxygens (including phenoxy) is 2. The summed E-state index contributed by atoms with van der Waals surface area (Å²) in [7, 11) is -2.71. The molecule has 178 valence electrons. The second-order valence-electron chi connectivity index (χ2n) is 7.23. The Balaban J connectivity index is 1.65. The summed E-state index contributed by atoms with van der Waals surface area (Å²) < 4.78 is 54.7. The lowest BCUT2D eigenvalue weighted by Gasteiger charge is -2.13. The third-order valence-electron chi connectivity index (χ3n) is 4.60. The molecule has 0 bridgehead atoms. The fourth-order valence-corrected chi connectivity index (χ4v) is 4.15. The molecule has 0 aliphatic heterocycles. The van der Waals surface area contributed by atoms with E-state index in [2.05, 4.69) is 10.5 Å². The first-order chi connectivity index (χ1) is 16.2. The maximum absolute atomic E-state index is 13.5. The van der Waals surface area contributed by atoms with Gasteiger partial charge in [0.15, 0.2) is 29.7 Å². The molecule has 0 aromatic heterocycles. The first-order valence-electron chi connectivity index (χ1n) is 10.1. The largest absolute Gasteiger partial charge is 0.493 e. The Bertz CT molecular complexity index is 1320. The molecule has 8 nitrogen and oxygen atoms in total. The zero-order chi connectivity index (χ0) is 24.7. The highest BCUT2D eigenvalue weighted by atomic mass is 32.2. The fraction of sp³-hybridized carbons (Fsp3) is 0.167. The zero-order valence-electron chi connectivity index (χ0n) is 18.7. The predicted octanol–water partition coefficient (Wildman–Crippen LogP) is 3.75. The minimum Gasteiger partial charge on any atom is -0.493 e. The number of aryl methyl sites for hydroxylation is 2. The van der Waals surface area contributed by atoms with Crippen LogP contribution in [0.25, 0.3) is 0 Å². The quantitative estimate of drug-likeness (QED) is 0.281. The number of methoxy groups -OCH3 is 1. The van der Waals surface area contributed by atoms with E-state index >= 15 is 0 Å². The van der Waals surface area contributed by atoms with Gasteiger partial charge >= 0.3 is 10.1 Å². The van der Waals surface area contributed by atoms with Gasteiger partial charge < -0.3 is 13.7 Å². The number of hydrogen-bond acceptors (Lipinski definition) is 7. The van der Waals surface area contributed by atoms with Crippen molar-refractivity contribution in [3.63, 3.8) is 0 Å². The van der Waals surface area contributed by atoms with Crippen LogP contribution in [0.4, 0.5) is 4.39 Å². The average Bonchev–Trinajstić information content (AvgIpc) is 2.80. The van der Waals surface area contributed by atoms with Gasteiger partial charge in [0.25, 0.3) is 5.91 Å². The highest BCUT2D eigenvalue weighted by Crippen LogP contribution is 2.31. The van der Waals surface area contributed by atoms with Crippen LogP contribution in [0.5, 0.6) is 17.2 Å². The molecule has 0 radical (unpaired) electrons. The minimum absolute atomic E-state index is 0.00267. The molecule has 0 aliphatic rings. The second kappa shape index (κ2) is 10.8. The lowest BCUT2D eigenvalue weighted by Crippen LogP contribution is -2.24. The lowest BCUT2D eigenvalue weighted by molar-refractivity contribution is -0.123. The number of para-hydroxylation sites is 1. The molecule has 0 saturated heterocycles. The van der Waals surface area contributed by atoms with Crippen LogP contribution < -0.4 is 19.1 Å². The standard InChI is InChI=1S/C24H23FN2O6S/c1-16-8-9-17(2)23(12-16)34(29,30)33-21-11-10-18(13-22(21)31-3)14-26-27-24(28)15-32-20-7-5-4-6-19(20)25/h4-14H,15H2,1-3H3,(H,27,28)/b26-14+. The maximum atomic E-state index is 13.5. The third-order valence-corrected chi connectivity index (χ3v) is 5.98. The third kappa shape index (κ3) is 6.32. The second-order valence-corrected chi connectivity index (χ2v) is 8.74. The van der Waals surface area contributed by atoms with Crippen LogP contribution in [0.3, 0.4) is 0 Å². The molecule has 0 saturated carbocycles. The summed E-state index contributed by atoms with van der Waals surface area (Å²) in [5.41, 5.74) is 4.11. The van der Waals surface area contributed by atoms with Crippen LogP contribution in [0.1, 0.15) is 16.7 Å². The molecule has 0 aliphatic carbocycles. The lowest BCUT2D eigenvalue weighted by atomic mass is 10.2. The Labute approximate surface area is 197 Å². The summed E-state index contributed by atoms with van der Waals surface area (Å²) in [5, 5.41) is 3.81. The predicted molar refractivity (Wildman–Crippen MR) is 124 cm³/mol. The van der Waals surface area contributed by atoms with Crippen molar-refractivity contribution in [2.75, 3.05) is 13.7 Å². The molecule has 1 N–H and O–H groups in total. The number of hydrogen-bond donors (Lipinski definition) is 1. The molecule has 1 amide bonds. The molecule has 34 heavy (non-hydrogen) atoms. The zero-order valence-corrected chi connectivity index (χ0v) is 19.6. The monoisotopic (exact) mass is 486 g/mol. The number of rotatable bonds is 9. The maximum Gasteiger partial charge on any atom is 0.339 e. The molecule has 0 atom stereocenters. The number of nitrogens with one attached hydrogen (secondary N) is 1. The van der Waals surface area contributed by atoms with Gasteiger partial charge in [0.05, 0.1) is 13.3 Å². The van der Waals surface area contributed by atoms with E-state index in [0.717, 1.165) is 5.56 Å². The summed E-state index contributed by atoms with van der Waals surface area (Å²) in [5.74, 6) is -1.05. The molecule has 0 unspecified atom stereocenters. The van der Waals surface area contributed by atoms with Crippen LogP contribution in [0, 0.1) is 19.7 Å². The Morgan fingerprint density at radius 3 is 2.53 bits per heavy atom. The van der Waals surface area contributed by atoms with Gasteiger partial charge in [-0.15, -0.1) is 0 Å². The number of benzene rings is 3. The van der Waals surface area contributed by atoms with Crippen molar-refractivity contribution < 1.29 is 31.3 Å². The smallest absolute Gasteiger partial charge is 0.339 e. The van der Waals surface area contributed by atoms with Crippen molar-refractivity contribution in [2.24, 2.45) is 5.10 Å². The Morgan fingerprint density at radius 1 is 1.03 bits per heavy atom. The van der Waals surface area contributed by atoms with Crippen molar-refractivity contribution >= 4 is 22.2 Å². The highest BCUT2D eigenvalue weighted by Gasteiger charge is 2.21. The van der Waals surface area contributed by atoms with Crippen LogP contribution in [0.15, 0.2) is 70.7 Å². The molecule has 10 heteroatoms. The van der Waals surface area contributed by atoms with Gasteiger partial charge in [-0.3, -0.25) is 4.79 Å². The Hall–Kier alpha value is -3.92. The fourth-order valence-electron chi connectivity index (χ4n) is 2.89. The van der Waals surface area contributed by atoms with E-state index in [1.165, 1.54) is 49.7 Å². The summed E-state index contributed by atoms with van der Waals surface area (Å²) in [6.45, 7) is 3.05. The average molecular weight is 487 g/mol. The van der Waals surface area contributed by atoms with Crippen molar-refractivity contribution in [1.82, 2.24) is 5.43 Å². The van der Waals surface area contributed by atoms with Crippen molar-refractivity contribution in [2.45, 2.75) is 18.7 Å².